The second-order valence-electron chi connectivity index (χ2n) is 33.0. The summed E-state index contributed by atoms with van der Waals surface area (Å²) in [4.78, 5) is 99.1. The molecule has 5 aromatic rings. The number of methoxy groups -OCH3 is 2. The number of carbonyl (C=O) groups is 6. The molecule has 122 heavy (non-hydrogen) atoms. The van der Waals surface area contributed by atoms with Crippen molar-refractivity contribution in [3.05, 3.63) is 107 Å². The first-order chi connectivity index (χ1) is 59.1. The summed E-state index contributed by atoms with van der Waals surface area (Å²) in [6.45, 7) is 20.5. The number of hydrogen-bond donors (Lipinski definition) is 4. The van der Waals surface area contributed by atoms with E-state index in [1.807, 2.05) is 66.8 Å². The number of amides is 3. The molecule has 6 N–H and O–H groups in total. The number of oxazole rings is 1. The molecule has 2 aromatic carbocycles. The molecule has 5 aliphatic rings. The monoisotopic (exact) mass is 1700 g/mol. The highest BCUT2D eigenvalue weighted by Crippen LogP contribution is 2.38. The molecular formula is C91H132N10O21. The number of carbonyl (C=O) groups excluding carboxylic acids is 6. The SMILES string of the molecule is CO[C@H]1CC(=O)[C@H](C)C[C@H](C)/C=C/C=C/C=C(\C)[C@@H](OC)C[C@@H]2CCC[C@@](O)(O2)C(=O)C(=O)N2CCCC[C@H]2C(=O)O[C@H]([C@H](C)C[C@H]2CC[C@H](OC(=O)NCCOCCOCCOCCOCCOCCOCCOCCOCCC(=O)N3CCc4cc(Cn5nc(-c6ccc7oc(N)nc7c6)c6c(N)ncnc65)ccc4C3)CC2)CC[C@H](C)/C=C/1C. The summed E-state index contributed by atoms with van der Waals surface area (Å²) in [5, 5.41) is 20.2. The summed E-state index contributed by atoms with van der Waals surface area (Å²) in [6.07, 6.45) is 20.5. The van der Waals surface area contributed by atoms with E-state index < -0.39 is 53.9 Å². The molecule has 3 amide bonds. The predicted molar refractivity (Wildman–Crippen MR) is 458 cm³/mol. The number of benzene rings is 2. The van der Waals surface area contributed by atoms with Crippen LogP contribution in [-0.2, 0) is 105 Å². The summed E-state index contributed by atoms with van der Waals surface area (Å²) >= 11 is 0. The highest BCUT2D eigenvalue weighted by atomic mass is 16.6. The molecule has 672 valence electrons. The quantitative estimate of drug-likeness (QED) is 0.0125. The summed E-state index contributed by atoms with van der Waals surface area (Å²) < 4.78 is 82.7. The fraction of sp³-hybridized carbons (Fsp3) is 0.648. The van der Waals surface area contributed by atoms with Gasteiger partial charge in [0.25, 0.3) is 17.7 Å². The van der Waals surface area contributed by atoms with Gasteiger partial charge in [0, 0.05) is 71.1 Å². The van der Waals surface area contributed by atoms with E-state index in [-0.39, 0.29) is 98.5 Å². The van der Waals surface area contributed by atoms with Crippen molar-refractivity contribution in [2.45, 2.75) is 213 Å². The van der Waals surface area contributed by atoms with Crippen LogP contribution in [0, 0.1) is 29.6 Å². The van der Waals surface area contributed by atoms with E-state index in [0.717, 1.165) is 53.5 Å². The van der Waals surface area contributed by atoms with E-state index in [1.54, 1.807) is 20.3 Å². The van der Waals surface area contributed by atoms with Crippen LogP contribution in [0.4, 0.5) is 16.6 Å². The van der Waals surface area contributed by atoms with Gasteiger partial charge in [0.1, 0.15) is 47.4 Å². The lowest BCUT2D eigenvalue weighted by molar-refractivity contribution is -0.245. The number of ketones is 2. The Kier molecular flexibility index (Phi) is 39.2. The Labute approximate surface area is 717 Å². The third-order valence-electron chi connectivity index (χ3n) is 23.6. The molecule has 3 aromatic heterocycles. The number of ether oxygens (including phenoxy) is 13. The minimum Gasteiger partial charge on any atom is -0.461 e. The molecule has 7 heterocycles. The number of rotatable bonds is 36. The Morgan fingerprint density at radius 1 is 0.697 bits per heavy atom. The number of nitrogens with one attached hydrogen (secondary N) is 1. The number of nitrogens with zero attached hydrogens (tertiary/aromatic N) is 7. The van der Waals surface area contributed by atoms with Gasteiger partial charge in [-0.25, -0.2) is 24.2 Å². The second kappa shape index (κ2) is 49.9. The van der Waals surface area contributed by atoms with E-state index >= 15 is 0 Å². The smallest absolute Gasteiger partial charge is 0.407 e. The molecule has 31 nitrogen and oxygen atoms in total. The molecule has 0 spiro atoms. The number of aromatic nitrogens is 5. The molecule has 2 saturated heterocycles. The van der Waals surface area contributed by atoms with Gasteiger partial charge < -0.3 is 97.7 Å². The van der Waals surface area contributed by atoms with Crippen molar-refractivity contribution >= 4 is 69.4 Å². The molecule has 0 unspecified atom stereocenters. The van der Waals surface area contributed by atoms with Gasteiger partial charge in [-0.05, 0) is 173 Å². The number of alkyl carbamates (subject to hydrolysis) is 1. The summed E-state index contributed by atoms with van der Waals surface area (Å²) in [7, 11) is 3.23. The van der Waals surface area contributed by atoms with Crippen molar-refractivity contribution in [3.63, 3.8) is 0 Å². The molecule has 1 saturated carbocycles. The van der Waals surface area contributed by atoms with Crippen molar-refractivity contribution in [2.24, 2.45) is 29.6 Å². The number of anilines is 2. The van der Waals surface area contributed by atoms with Crippen LogP contribution < -0.4 is 16.8 Å². The fourth-order valence-electron chi connectivity index (χ4n) is 16.8. The molecule has 31 heteroatoms. The van der Waals surface area contributed by atoms with Gasteiger partial charge >= 0.3 is 12.1 Å². The Bertz CT molecular complexity index is 4270. The number of allylic oxidation sites excluding steroid dienone is 6. The highest BCUT2D eigenvalue weighted by molar-refractivity contribution is 6.39. The summed E-state index contributed by atoms with van der Waals surface area (Å²) in [5.41, 5.74) is 20.6. The average Bonchev–Trinajstić information content (AvgIpc) is 1.60. The minimum absolute atomic E-state index is 0.0307. The van der Waals surface area contributed by atoms with Gasteiger partial charge in [-0.1, -0.05) is 82.4 Å². The number of nitrogens with two attached hydrogens (primary N) is 2. The maximum Gasteiger partial charge on any atom is 0.407 e. The average molecular weight is 1700 g/mol. The second-order valence-corrected chi connectivity index (χ2v) is 33.0. The third-order valence-corrected chi connectivity index (χ3v) is 23.6. The van der Waals surface area contributed by atoms with Crippen LogP contribution >= 0.6 is 0 Å². The third kappa shape index (κ3) is 29.6. The first kappa shape index (κ1) is 95.8. The largest absolute Gasteiger partial charge is 0.461 e. The Balaban J connectivity index is 0.528. The maximum atomic E-state index is 14.6. The number of esters is 1. The molecule has 1 aliphatic carbocycles. The van der Waals surface area contributed by atoms with Crippen LogP contribution in [0.25, 0.3) is 33.4 Å². The lowest BCUT2D eigenvalue weighted by Crippen LogP contribution is -2.58. The maximum absolute atomic E-state index is 14.6. The van der Waals surface area contributed by atoms with Crippen LogP contribution in [0.15, 0.2) is 94.7 Å². The van der Waals surface area contributed by atoms with Crippen LogP contribution in [0.1, 0.15) is 167 Å². The van der Waals surface area contributed by atoms with Crippen molar-refractivity contribution in [1.82, 2.24) is 39.8 Å². The topological polar surface area (TPSA) is 383 Å². The van der Waals surface area contributed by atoms with Gasteiger partial charge in [0.05, 0.1) is 142 Å². The minimum atomic E-state index is -2.36. The van der Waals surface area contributed by atoms with Gasteiger partial charge in [-0.2, -0.15) is 10.1 Å². The molecule has 3 fully saturated rings. The van der Waals surface area contributed by atoms with Crippen molar-refractivity contribution in [3.8, 4) is 11.3 Å². The first-order valence-corrected chi connectivity index (χ1v) is 43.9. The Morgan fingerprint density at radius 2 is 1.37 bits per heavy atom. The van der Waals surface area contributed by atoms with E-state index in [4.69, 9.17) is 82.6 Å². The normalized spacial score (nSPS) is 25.7. The van der Waals surface area contributed by atoms with Crippen molar-refractivity contribution in [1.29, 1.82) is 0 Å². The van der Waals surface area contributed by atoms with Crippen LogP contribution in [-0.4, -0.2) is 257 Å². The van der Waals surface area contributed by atoms with Crippen molar-refractivity contribution < 1.29 is 99.9 Å². The highest BCUT2D eigenvalue weighted by Gasteiger charge is 2.50. The lowest BCUT2D eigenvalue weighted by Gasteiger charge is -2.40. The Morgan fingerprint density at radius 3 is 2.05 bits per heavy atom. The molecule has 10 rings (SSSR count). The van der Waals surface area contributed by atoms with Gasteiger partial charge in [-0.15, -0.1) is 0 Å². The standard InChI is InChI=1S/C91H132N10O21/c1-61-15-10-9-11-16-63(3)79(109-7)56-73-17-14-31-91(108,122-73)84(104)87(105)100-33-13-12-18-75(100)88(106)120-77(27-19-62(2)52-65(5)80(110-8)57-76(102)64(4)51-61)66(6)53-67-21-25-72(26-22-67)119-90(107)94-32-36-112-38-40-114-42-44-116-46-48-118-50-49-117-47-45-115-43-41-113-39-37-111-35-30-81(103)99-34-29-69-54-68(20-23-71(69)59-99)58-101-86-82(85(92)95-60-96-86)83(98-101)70-24-28-78-74(55-70)97-89(93)121-78/h9-11,15-16,20,23-24,28,52,54-55,60-62,64,66-67,72-73,75,77,79-80,108H,12-14,17-19,21-22,25-27,29-51,53,56-59H2,1-8H3,(H2,93,97)(H,94,107)(H2,92,95,96)/b11-9+,15-10+,63-16+,65-52+/t61-,62+,64-,66-,67-,72-,73+,75+,77+,79+,80+,91-/m1/s1. The zero-order valence-electron chi connectivity index (χ0n) is 72.8. The number of nitrogen functional groups attached to an aromatic ring is 2. The van der Waals surface area contributed by atoms with E-state index in [2.05, 4.69) is 71.4 Å². The molecular weight excluding hydrogens is 1570 g/mol. The molecule has 2 bridgehead atoms. The number of cyclic esters (lactones) is 1. The first-order valence-electron chi connectivity index (χ1n) is 43.9. The lowest BCUT2D eigenvalue weighted by atomic mass is 9.79. The fourth-order valence-corrected chi connectivity index (χ4v) is 16.8. The summed E-state index contributed by atoms with van der Waals surface area (Å²) in [5.74, 6) is -4.28. The number of aliphatic hydroxyl groups is 1. The van der Waals surface area contributed by atoms with Crippen LogP contribution in [0.3, 0.4) is 0 Å². The van der Waals surface area contributed by atoms with Gasteiger partial charge in [0.15, 0.2) is 11.2 Å². The molecule has 4 aliphatic heterocycles. The van der Waals surface area contributed by atoms with Crippen LogP contribution in [0.5, 0.6) is 0 Å². The zero-order valence-corrected chi connectivity index (χ0v) is 72.8. The number of hydrogen-bond acceptors (Lipinski definition) is 27. The number of fused-ring (bicyclic) bond motifs is 6. The van der Waals surface area contributed by atoms with Gasteiger partial charge in [0.2, 0.25) is 11.7 Å². The van der Waals surface area contributed by atoms with Crippen LogP contribution in [0.2, 0.25) is 0 Å². The van der Waals surface area contributed by atoms with Gasteiger partial charge in [-0.3, -0.25) is 19.2 Å². The Hall–Kier alpha value is -8.44. The number of Topliss-reactive ketones (excluding diaryl/α,β-unsaturated/α-hetero) is 2. The van der Waals surface area contributed by atoms with E-state index in [1.165, 1.54) is 16.8 Å². The molecule has 10 atom stereocenters. The van der Waals surface area contributed by atoms with Crippen molar-refractivity contribution in [2.75, 3.05) is 151 Å². The summed E-state index contributed by atoms with van der Waals surface area (Å²) in [6, 6.07) is 10.9. The van der Waals surface area contributed by atoms with E-state index in [0.29, 0.717) is 223 Å². The number of piperidine rings is 1. The van der Waals surface area contributed by atoms with E-state index in [9.17, 15) is 33.9 Å². The predicted octanol–water partition coefficient (Wildman–Crippen LogP) is 11.2. The zero-order chi connectivity index (χ0) is 86.8. The molecule has 0 radical (unpaired) electrons.